The standard InChI is InChI=1S/C11H12N4S/c1-12-11(13-2)16-7-10-14-8-5-3-4-6-9(8)15-10/h3-6H,1,7H2,2H3,(H,14,15). The Morgan fingerprint density at radius 2 is 2.31 bits per heavy atom. The van der Waals surface area contributed by atoms with E-state index in [9.17, 15) is 0 Å². The average molecular weight is 232 g/mol. The normalized spacial score (nSPS) is 11.9. The average Bonchev–Trinajstić information content (AvgIpc) is 2.73. The maximum atomic E-state index is 4.46. The lowest BCUT2D eigenvalue weighted by Crippen LogP contribution is -1.90. The van der Waals surface area contributed by atoms with Crippen molar-refractivity contribution in [1.82, 2.24) is 9.97 Å². The summed E-state index contributed by atoms with van der Waals surface area (Å²) in [5, 5.41) is 0.681. The predicted octanol–water partition coefficient (Wildman–Crippen LogP) is 2.48. The summed E-state index contributed by atoms with van der Waals surface area (Å²) in [5.41, 5.74) is 2.04. The van der Waals surface area contributed by atoms with Crippen LogP contribution in [0.5, 0.6) is 0 Å². The van der Waals surface area contributed by atoms with Gasteiger partial charge in [-0.2, -0.15) is 0 Å². The van der Waals surface area contributed by atoms with Crippen LogP contribution in [-0.4, -0.2) is 28.9 Å². The first-order chi connectivity index (χ1) is 7.83. The van der Waals surface area contributed by atoms with E-state index in [1.165, 1.54) is 11.8 Å². The lowest BCUT2D eigenvalue weighted by Gasteiger charge is -1.95. The number of hydrogen-bond acceptors (Lipinski definition) is 3. The largest absolute Gasteiger partial charge is 0.341 e. The fourth-order valence-corrected chi connectivity index (χ4v) is 2.01. The number of fused-ring (bicyclic) bond motifs is 1. The van der Waals surface area contributed by atoms with E-state index in [1.807, 2.05) is 24.3 Å². The zero-order valence-corrected chi connectivity index (χ0v) is 9.79. The Kier molecular flexibility index (Phi) is 3.36. The summed E-state index contributed by atoms with van der Waals surface area (Å²) in [5.74, 6) is 1.65. The Morgan fingerprint density at radius 1 is 1.50 bits per heavy atom. The molecule has 0 aliphatic rings. The molecule has 4 nitrogen and oxygen atoms in total. The smallest absolute Gasteiger partial charge is 0.182 e. The van der Waals surface area contributed by atoms with Gasteiger partial charge >= 0.3 is 0 Å². The van der Waals surface area contributed by atoms with Crippen LogP contribution in [0.1, 0.15) is 5.82 Å². The molecule has 1 heterocycles. The number of benzene rings is 1. The summed E-state index contributed by atoms with van der Waals surface area (Å²) in [6.45, 7) is 3.45. The molecule has 1 aromatic heterocycles. The molecule has 0 amide bonds. The predicted molar refractivity (Wildman–Crippen MR) is 70.3 cm³/mol. The van der Waals surface area contributed by atoms with Gasteiger partial charge in [0.1, 0.15) is 5.82 Å². The fraction of sp³-hybridized carbons (Fsp3) is 0.182. The number of aliphatic imine (C=N–C) groups is 2. The molecule has 0 bridgehead atoms. The molecule has 0 unspecified atom stereocenters. The van der Waals surface area contributed by atoms with Crippen LogP contribution in [0.4, 0.5) is 0 Å². The van der Waals surface area contributed by atoms with Gasteiger partial charge < -0.3 is 4.98 Å². The third-order valence-corrected chi connectivity index (χ3v) is 3.09. The summed E-state index contributed by atoms with van der Waals surface area (Å²) >= 11 is 1.52. The number of amidine groups is 1. The van der Waals surface area contributed by atoms with Crippen LogP contribution in [-0.2, 0) is 5.75 Å². The molecule has 1 aromatic carbocycles. The van der Waals surface area contributed by atoms with Crippen LogP contribution in [0.15, 0.2) is 34.3 Å². The second-order valence-electron chi connectivity index (χ2n) is 3.15. The molecule has 82 valence electrons. The summed E-state index contributed by atoms with van der Waals surface area (Å²) < 4.78 is 0. The molecule has 0 saturated carbocycles. The lowest BCUT2D eigenvalue weighted by atomic mass is 10.3. The number of thioether (sulfide) groups is 1. The van der Waals surface area contributed by atoms with E-state index in [1.54, 1.807) is 7.05 Å². The lowest BCUT2D eigenvalue weighted by molar-refractivity contribution is 1.14. The van der Waals surface area contributed by atoms with Crippen molar-refractivity contribution in [1.29, 1.82) is 0 Å². The van der Waals surface area contributed by atoms with E-state index >= 15 is 0 Å². The van der Waals surface area contributed by atoms with Gasteiger partial charge in [-0.15, -0.1) is 0 Å². The molecule has 0 atom stereocenters. The van der Waals surface area contributed by atoms with Crippen molar-refractivity contribution >= 4 is 34.7 Å². The monoisotopic (exact) mass is 232 g/mol. The molecule has 0 saturated heterocycles. The van der Waals surface area contributed by atoms with Crippen molar-refractivity contribution in [2.75, 3.05) is 7.05 Å². The van der Waals surface area contributed by atoms with Crippen LogP contribution >= 0.6 is 11.8 Å². The minimum Gasteiger partial charge on any atom is -0.341 e. The zero-order valence-electron chi connectivity index (χ0n) is 8.97. The highest BCUT2D eigenvalue weighted by atomic mass is 32.2. The molecule has 5 heteroatoms. The quantitative estimate of drug-likeness (QED) is 0.639. The number of hydrogen-bond donors (Lipinski definition) is 1. The number of H-pyrrole nitrogens is 1. The number of aromatic amines is 1. The number of aromatic nitrogens is 2. The van der Waals surface area contributed by atoms with Gasteiger partial charge in [0.2, 0.25) is 0 Å². The third-order valence-electron chi connectivity index (χ3n) is 2.10. The van der Waals surface area contributed by atoms with Gasteiger partial charge in [0.05, 0.1) is 16.8 Å². The second kappa shape index (κ2) is 4.94. The Morgan fingerprint density at radius 3 is 3.00 bits per heavy atom. The number of rotatable bonds is 2. The van der Waals surface area contributed by atoms with Crippen LogP contribution in [0.3, 0.4) is 0 Å². The zero-order chi connectivity index (χ0) is 11.4. The van der Waals surface area contributed by atoms with E-state index in [0.717, 1.165) is 22.6 Å². The molecule has 0 aliphatic heterocycles. The number of nitrogens with zero attached hydrogens (tertiary/aromatic N) is 3. The van der Waals surface area contributed by atoms with Crippen molar-refractivity contribution in [3.8, 4) is 0 Å². The SMILES string of the molecule is C=NC(=NC)SCc1nc2ccccc2[nH]1. The van der Waals surface area contributed by atoms with Gasteiger partial charge in [0.15, 0.2) is 5.17 Å². The van der Waals surface area contributed by atoms with Crippen molar-refractivity contribution in [3.05, 3.63) is 30.1 Å². The van der Waals surface area contributed by atoms with Gasteiger partial charge in [-0.25, -0.2) is 9.98 Å². The van der Waals surface area contributed by atoms with Gasteiger partial charge in [-0.1, -0.05) is 23.9 Å². The highest BCUT2D eigenvalue weighted by Gasteiger charge is 2.03. The van der Waals surface area contributed by atoms with Gasteiger partial charge in [-0.05, 0) is 18.9 Å². The summed E-state index contributed by atoms with van der Waals surface area (Å²) in [6.07, 6.45) is 0. The molecular weight excluding hydrogens is 220 g/mol. The molecule has 0 radical (unpaired) electrons. The Balaban J connectivity index is 2.13. The van der Waals surface area contributed by atoms with E-state index in [2.05, 4.69) is 26.7 Å². The first-order valence-electron chi connectivity index (χ1n) is 4.83. The van der Waals surface area contributed by atoms with Crippen molar-refractivity contribution in [2.24, 2.45) is 9.98 Å². The van der Waals surface area contributed by atoms with Crippen molar-refractivity contribution in [2.45, 2.75) is 5.75 Å². The maximum absolute atomic E-state index is 4.46. The minimum absolute atomic E-state index is 0.681. The minimum atomic E-state index is 0.681. The number of imidazole rings is 1. The van der Waals surface area contributed by atoms with Gasteiger partial charge in [-0.3, -0.25) is 4.99 Å². The highest BCUT2D eigenvalue weighted by Crippen LogP contribution is 2.16. The molecule has 0 fully saturated rings. The van der Waals surface area contributed by atoms with E-state index in [4.69, 9.17) is 0 Å². The summed E-state index contributed by atoms with van der Waals surface area (Å²) in [7, 11) is 1.70. The van der Waals surface area contributed by atoms with Crippen molar-refractivity contribution in [3.63, 3.8) is 0 Å². The first-order valence-corrected chi connectivity index (χ1v) is 5.82. The molecule has 2 rings (SSSR count). The van der Waals surface area contributed by atoms with Crippen LogP contribution in [0.25, 0.3) is 11.0 Å². The van der Waals surface area contributed by atoms with Gasteiger partial charge in [0.25, 0.3) is 0 Å². The van der Waals surface area contributed by atoms with Crippen molar-refractivity contribution < 1.29 is 0 Å². The molecule has 2 aromatic rings. The van der Waals surface area contributed by atoms with E-state index in [-0.39, 0.29) is 0 Å². The van der Waals surface area contributed by atoms with Crippen LogP contribution < -0.4 is 0 Å². The Bertz CT molecular complexity index is 497. The molecule has 1 N–H and O–H groups in total. The topological polar surface area (TPSA) is 53.4 Å². The Hall–Kier alpha value is -1.62. The highest BCUT2D eigenvalue weighted by molar-refractivity contribution is 8.13. The molecule has 0 spiro atoms. The molecule has 16 heavy (non-hydrogen) atoms. The number of nitrogens with one attached hydrogen (secondary N) is 1. The number of para-hydroxylation sites is 2. The maximum Gasteiger partial charge on any atom is 0.182 e. The fourth-order valence-electron chi connectivity index (χ4n) is 1.39. The molecule has 0 aliphatic carbocycles. The van der Waals surface area contributed by atoms with Crippen LogP contribution in [0.2, 0.25) is 0 Å². The van der Waals surface area contributed by atoms with E-state index < -0.39 is 0 Å². The third kappa shape index (κ3) is 2.30. The second-order valence-corrected chi connectivity index (χ2v) is 4.10. The Labute approximate surface area is 97.9 Å². The van der Waals surface area contributed by atoms with Crippen LogP contribution in [0, 0.1) is 0 Å². The van der Waals surface area contributed by atoms with E-state index in [0.29, 0.717) is 5.17 Å². The first kappa shape index (κ1) is 10.9. The summed E-state index contributed by atoms with van der Waals surface area (Å²) in [4.78, 5) is 15.5. The summed E-state index contributed by atoms with van der Waals surface area (Å²) in [6, 6.07) is 7.96. The van der Waals surface area contributed by atoms with Gasteiger partial charge in [0, 0.05) is 7.05 Å². The molecular formula is C11H12N4S.